The molecular formula is C10H10Cl2F3NO2. The van der Waals surface area contributed by atoms with Gasteiger partial charge in [0.1, 0.15) is 6.10 Å². The van der Waals surface area contributed by atoms with Gasteiger partial charge in [-0.2, -0.15) is 13.2 Å². The van der Waals surface area contributed by atoms with Gasteiger partial charge in [0.2, 0.25) is 0 Å². The number of aliphatic hydroxyl groups is 2. The van der Waals surface area contributed by atoms with Crippen LogP contribution in [0.15, 0.2) is 12.3 Å². The molecule has 0 saturated heterocycles. The lowest BCUT2D eigenvalue weighted by atomic mass is 10.1. The summed E-state index contributed by atoms with van der Waals surface area (Å²) in [6, 6.07) is 0.653. The van der Waals surface area contributed by atoms with Crippen LogP contribution in [0.3, 0.4) is 0 Å². The molecule has 0 radical (unpaired) electrons. The van der Waals surface area contributed by atoms with Crippen LogP contribution in [-0.2, 0) is 6.18 Å². The fraction of sp³-hybridized carbons (Fsp3) is 0.500. The smallest absolute Gasteiger partial charge is 0.390 e. The molecule has 1 aromatic heterocycles. The first-order valence-electron chi connectivity index (χ1n) is 4.92. The van der Waals surface area contributed by atoms with Crippen LogP contribution in [0.25, 0.3) is 0 Å². The number of alkyl halides is 4. The standard InChI is InChI=1S/C10H10Cl2F3NO2/c11-2-1-7(17)9(18)8-6(12)3-5(4-16-8)10(13,14)15/h3-4,7,9,17-18H,1-2H2. The largest absolute Gasteiger partial charge is 0.417 e. The number of aliphatic hydroxyl groups excluding tert-OH is 2. The zero-order valence-corrected chi connectivity index (χ0v) is 10.5. The molecule has 1 heterocycles. The molecule has 0 spiro atoms. The van der Waals surface area contributed by atoms with Gasteiger partial charge in [0, 0.05) is 12.1 Å². The van der Waals surface area contributed by atoms with Crippen LogP contribution < -0.4 is 0 Å². The Balaban J connectivity index is 2.99. The molecule has 0 saturated carbocycles. The van der Waals surface area contributed by atoms with Crippen LogP contribution in [0.1, 0.15) is 23.8 Å². The third kappa shape index (κ3) is 3.71. The molecule has 2 N–H and O–H groups in total. The molecule has 8 heteroatoms. The summed E-state index contributed by atoms with van der Waals surface area (Å²) in [5, 5.41) is 18.8. The van der Waals surface area contributed by atoms with E-state index in [1.807, 2.05) is 0 Å². The van der Waals surface area contributed by atoms with E-state index in [0.717, 1.165) is 0 Å². The summed E-state index contributed by atoms with van der Waals surface area (Å²) >= 11 is 11.0. The van der Waals surface area contributed by atoms with E-state index in [4.69, 9.17) is 23.2 Å². The van der Waals surface area contributed by atoms with Crippen molar-refractivity contribution in [2.75, 3.05) is 5.88 Å². The van der Waals surface area contributed by atoms with E-state index in [-0.39, 0.29) is 23.0 Å². The zero-order chi connectivity index (χ0) is 13.9. The molecule has 0 aliphatic heterocycles. The van der Waals surface area contributed by atoms with E-state index in [1.54, 1.807) is 0 Å². The van der Waals surface area contributed by atoms with Crippen LogP contribution >= 0.6 is 23.2 Å². The molecule has 102 valence electrons. The molecule has 0 amide bonds. The highest BCUT2D eigenvalue weighted by atomic mass is 35.5. The zero-order valence-electron chi connectivity index (χ0n) is 8.96. The number of hydrogen-bond donors (Lipinski definition) is 2. The predicted octanol–water partition coefficient (Wildman–Crippen LogP) is 2.78. The molecule has 0 bridgehead atoms. The van der Waals surface area contributed by atoms with Crippen molar-refractivity contribution < 1.29 is 23.4 Å². The number of aromatic nitrogens is 1. The number of pyridine rings is 1. The van der Waals surface area contributed by atoms with Crippen molar-refractivity contribution >= 4 is 23.2 Å². The molecular weight excluding hydrogens is 294 g/mol. The minimum absolute atomic E-state index is 0.0712. The third-order valence-corrected chi connectivity index (χ3v) is 2.77. The number of hydrogen-bond acceptors (Lipinski definition) is 3. The summed E-state index contributed by atoms with van der Waals surface area (Å²) in [6.45, 7) is 0. The van der Waals surface area contributed by atoms with Crippen molar-refractivity contribution in [3.05, 3.63) is 28.5 Å². The highest BCUT2D eigenvalue weighted by Gasteiger charge is 2.32. The lowest BCUT2D eigenvalue weighted by Gasteiger charge is -2.18. The Hall–Kier alpha value is -0.560. The maximum Gasteiger partial charge on any atom is 0.417 e. The Morgan fingerprint density at radius 2 is 1.94 bits per heavy atom. The van der Waals surface area contributed by atoms with Crippen molar-refractivity contribution in [3.63, 3.8) is 0 Å². The molecule has 3 nitrogen and oxygen atoms in total. The number of nitrogens with zero attached hydrogens (tertiary/aromatic N) is 1. The van der Waals surface area contributed by atoms with Gasteiger partial charge in [-0.1, -0.05) is 11.6 Å². The first-order valence-corrected chi connectivity index (χ1v) is 5.83. The minimum atomic E-state index is -4.56. The van der Waals surface area contributed by atoms with E-state index in [2.05, 4.69) is 4.98 Å². The lowest BCUT2D eigenvalue weighted by molar-refractivity contribution is -0.137. The van der Waals surface area contributed by atoms with Crippen LogP contribution in [-0.4, -0.2) is 27.2 Å². The second-order valence-electron chi connectivity index (χ2n) is 3.58. The summed E-state index contributed by atoms with van der Waals surface area (Å²) in [5.41, 5.74) is -1.22. The Kier molecular flexibility index (Phi) is 5.21. The van der Waals surface area contributed by atoms with Gasteiger partial charge in [0.05, 0.1) is 22.4 Å². The Bertz CT molecular complexity index is 415. The molecule has 2 unspecified atom stereocenters. The van der Waals surface area contributed by atoms with Gasteiger partial charge >= 0.3 is 6.18 Å². The summed E-state index contributed by atoms with van der Waals surface area (Å²) in [6.07, 6.45) is -6.64. The second-order valence-corrected chi connectivity index (χ2v) is 4.36. The molecule has 18 heavy (non-hydrogen) atoms. The molecule has 0 fully saturated rings. The van der Waals surface area contributed by atoms with Crippen LogP contribution in [0, 0.1) is 0 Å². The number of halogens is 5. The van der Waals surface area contributed by atoms with E-state index >= 15 is 0 Å². The number of rotatable bonds is 4. The Morgan fingerprint density at radius 3 is 2.39 bits per heavy atom. The van der Waals surface area contributed by atoms with E-state index in [9.17, 15) is 23.4 Å². The van der Waals surface area contributed by atoms with Gasteiger partial charge < -0.3 is 10.2 Å². The van der Waals surface area contributed by atoms with Crippen LogP contribution in [0.2, 0.25) is 5.02 Å². The van der Waals surface area contributed by atoms with Gasteiger partial charge in [0.25, 0.3) is 0 Å². The molecule has 2 atom stereocenters. The molecule has 0 aliphatic rings. The van der Waals surface area contributed by atoms with Gasteiger partial charge in [-0.05, 0) is 12.5 Å². The molecule has 0 aromatic carbocycles. The van der Waals surface area contributed by atoms with Crippen molar-refractivity contribution in [1.82, 2.24) is 4.98 Å². The van der Waals surface area contributed by atoms with Gasteiger partial charge in [-0.15, -0.1) is 11.6 Å². The monoisotopic (exact) mass is 303 g/mol. The van der Waals surface area contributed by atoms with E-state index in [0.29, 0.717) is 12.3 Å². The first-order chi connectivity index (χ1) is 8.27. The maximum absolute atomic E-state index is 12.4. The average molecular weight is 304 g/mol. The lowest BCUT2D eigenvalue weighted by Crippen LogP contribution is -2.20. The van der Waals surface area contributed by atoms with E-state index in [1.165, 1.54) is 0 Å². The Morgan fingerprint density at radius 1 is 1.33 bits per heavy atom. The van der Waals surface area contributed by atoms with Crippen molar-refractivity contribution in [2.45, 2.75) is 24.8 Å². The highest BCUT2D eigenvalue weighted by molar-refractivity contribution is 6.31. The summed E-state index contributed by atoms with van der Waals surface area (Å²) < 4.78 is 37.1. The fourth-order valence-corrected chi connectivity index (χ4v) is 1.77. The SMILES string of the molecule is OC(CCCl)C(O)c1ncc(C(F)(F)F)cc1Cl. The third-order valence-electron chi connectivity index (χ3n) is 2.25. The second kappa shape index (κ2) is 6.06. The van der Waals surface area contributed by atoms with Gasteiger partial charge in [-0.3, -0.25) is 4.98 Å². The summed E-state index contributed by atoms with van der Waals surface area (Å²) in [4.78, 5) is 3.44. The molecule has 0 aliphatic carbocycles. The van der Waals surface area contributed by atoms with Crippen molar-refractivity contribution in [3.8, 4) is 0 Å². The predicted molar refractivity (Wildman–Crippen MR) is 60.6 cm³/mol. The van der Waals surface area contributed by atoms with Gasteiger partial charge in [0.15, 0.2) is 0 Å². The van der Waals surface area contributed by atoms with Crippen molar-refractivity contribution in [1.29, 1.82) is 0 Å². The van der Waals surface area contributed by atoms with Crippen molar-refractivity contribution in [2.24, 2.45) is 0 Å². The molecule has 1 aromatic rings. The summed E-state index contributed by atoms with van der Waals surface area (Å²) in [5.74, 6) is 0.0937. The van der Waals surface area contributed by atoms with Crippen LogP contribution in [0.4, 0.5) is 13.2 Å². The molecule has 1 rings (SSSR count). The Labute approximate surface area is 111 Å². The normalized spacial score (nSPS) is 15.5. The van der Waals surface area contributed by atoms with Gasteiger partial charge in [-0.25, -0.2) is 0 Å². The fourth-order valence-electron chi connectivity index (χ4n) is 1.27. The quantitative estimate of drug-likeness (QED) is 0.841. The maximum atomic E-state index is 12.4. The topological polar surface area (TPSA) is 53.4 Å². The highest BCUT2D eigenvalue weighted by Crippen LogP contribution is 2.33. The first kappa shape index (κ1) is 15.5. The minimum Gasteiger partial charge on any atom is -0.390 e. The average Bonchev–Trinajstić information content (AvgIpc) is 2.27. The van der Waals surface area contributed by atoms with Crippen LogP contribution in [0.5, 0.6) is 0 Å². The van der Waals surface area contributed by atoms with E-state index < -0.39 is 23.9 Å². The summed E-state index contributed by atoms with van der Waals surface area (Å²) in [7, 11) is 0.